The van der Waals surface area contributed by atoms with Gasteiger partial charge in [-0.05, 0) is 18.2 Å². The molecule has 0 aliphatic rings. The highest BCUT2D eigenvalue weighted by Gasteiger charge is 2.01. The lowest BCUT2D eigenvalue weighted by Crippen LogP contribution is -2.29. The van der Waals surface area contributed by atoms with Crippen LogP contribution in [0.15, 0.2) is 24.3 Å². The van der Waals surface area contributed by atoms with Gasteiger partial charge in [-0.15, -0.1) is 0 Å². The number of nitrogen functional groups attached to an aromatic ring is 1. The van der Waals surface area contributed by atoms with E-state index in [2.05, 4.69) is 17.3 Å². The monoisotopic (exact) mass is 203 g/mol. The number of hydrazine groups is 1. The second-order valence-corrected chi connectivity index (χ2v) is 2.89. The fraction of sp³-hybridized carbons (Fsp3) is 0.182. The molecule has 0 bridgehead atoms. The molecular formula is C11H13N3O. The molecule has 4 heteroatoms. The Bertz CT molecular complexity index is 404. The second kappa shape index (κ2) is 5.81. The molecule has 15 heavy (non-hydrogen) atoms. The van der Waals surface area contributed by atoms with Crippen LogP contribution in [0.5, 0.6) is 0 Å². The van der Waals surface area contributed by atoms with Gasteiger partial charge in [-0.25, -0.2) is 5.84 Å². The molecule has 4 nitrogen and oxygen atoms in total. The third-order valence-electron chi connectivity index (χ3n) is 1.76. The Morgan fingerprint density at radius 1 is 1.47 bits per heavy atom. The summed E-state index contributed by atoms with van der Waals surface area (Å²) in [5.41, 5.74) is 8.66. The summed E-state index contributed by atoms with van der Waals surface area (Å²) in [5, 5.41) is 0. The summed E-state index contributed by atoms with van der Waals surface area (Å²) < 4.78 is 0. The molecule has 1 amide bonds. The summed E-state index contributed by atoms with van der Waals surface area (Å²) in [6.45, 7) is 0.538. The molecule has 0 radical (unpaired) electrons. The van der Waals surface area contributed by atoms with E-state index in [9.17, 15) is 4.79 Å². The normalized spacial score (nSPS) is 8.93. The summed E-state index contributed by atoms with van der Waals surface area (Å²) in [5.74, 6) is 10.5. The first-order valence-corrected chi connectivity index (χ1v) is 4.58. The largest absolute Gasteiger partial charge is 0.330 e. The van der Waals surface area contributed by atoms with Crippen molar-refractivity contribution in [2.75, 3.05) is 6.54 Å². The topological polar surface area (TPSA) is 81.1 Å². The fourth-order valence-corrected chi connectivity index (χ4v) is 1.06. The van der Waals surface area contributed by atoms with Crippen molar-refractivity contribution in [3.63, 3.8) is 0 Å². The van der Waals surface area contributed by atoms with Crippen molar-refractivity contribution >= 4 is 5.91 Å². The molecule has 0 fully saturated rings. The number of carbonyl (C=O) groups is 1. The van der Waals surface area contributed by atoms with Crippen molar-refractivity contribution in [3.8, 4) is 11.8 Å². The summed E-state index contributed by atoms with van der Waals surface area (Å²) in [6, 6.07) is 6.95. The second-order valence-electron chi connectivity index (χ2n) is 2.89. The molecule has 5 N–H and O–H groups in total. The van der Waals surface area contributed by atoms with Crippen LogP contribution in [0.25, 0.3) is 0 Å². The zero-order valence-electron chi connectivity index (χ0n) is 8.29. The minimum Gasteiger partial charge on any atom is -0.330 e. The Balaban J connectivity index is 2.84. The highest BCUT2D eigenvalue weighted by atomic mass is 16.2. The maximum Gasteiger partial charge on any atom is 0.265 e. The summed E-state index contributed by atoms with van der Waals surface area (Å²) in [6.07, 6.45) is 0.646. The first kappa shape index (κ1) is 11.2. The van der Waals surface area contributed by atoms with Gasteiger partial charge in [0.2, 0.25) is 0 Å². The summed E-state index contributed by atoms with van der Waals surface area (Å²) in [7, 11) is 0. The minimum absolute atomic E-state index is 0.322. The third kappa shape index (κ3) is 3.43. The minimum atomic E-state index is -0.322. The molecule has 1 aromatic carbocycles. The van der Waals surface area contributed by atoms with Gasteiger partial charge in [0.25, 0.3) is 5.91 Å². The number of nitrogens with two attached hydrogens (primary N) is 2. The molecule has 0 aliphatic carbocycles. The molecule has 1 rings (SSSR count). The Morgan fingerprint density at radius 3 is 2.93 bits per heavy atom. The number of carbonyl (C=O) groups excluding carboxylic acids is 1. The standard InChI is InChI=1S/C11H13N3O/c12-7-2-1-4-9-5-3-6-10(8-9)11(15)14-13/h3,5-6,8H,2,7,12-13H2,(H,14,15). The van der Waals surface area contributed by atoms with Gasteiger partial charge in [-0.1, -0.05) is 17.9 Å². The van der Waals surface area contributed by atoms with Gasteiger partial charge in [0.05, 0.1) is 0 Å². The lowest BCUT2D eigenvalue weighted by molar-refractivity contribution is 0.0953. The third-order valence-corrected chi connectivity index (χ3v) is 1.76. The van der Waals surface area contributed by atoms with E-state index >= 15 is 0 Å². The molecule has 0 unspecified atom stereocenters. The van der Waals surface area contributed by atoms with Crippen LogP contribution in [-0.2, 0) is 0 Å². The van der Waals surface area contributed by atoms with Crippen molar-refractivity contribution in [2.45, 2.75) is 6.42 Å². The van der Waals surface area contributed by atoms with Gasteiger partial charge in [0, 0.05) is 24.1 Å². The Labute approximate surface area is 88.6 Å². The van der Waals surface area contributed by atoms with E-state index in [4.69, 9.17) is 11.6 Å². The average Bonchev–Trinajstić information content (AvgIpc) is 2.29. The van der Waals surface area contributed by atoms with Crippen LogP contribution in [-0.4, -0.2) is 12.5 Å². The van der Waals surface area contributed by atoms with Crippen LogP contribution >= 0.6 is 0 Å². The molecule has 0 aromatic heterocycles. The first-order valence-electron chi connectivity index (χ1n) is 4.58. The average molecular weight is 203 g/mol. The number of hydrogen-bond acceptors (Lipinski definition) is 3. The van der Waals surface area contributed by atoms with E-state index in [1.54, 1.807) is 18.2 Å². The number of hydrogen-bond donors (Lipinski definition) is 3. The van der Waals surface area contributed by atoms with Crippen LogP contribution in [0.3, 0.4) is 0 Å². The predicted molar refractivity (Wildman–Crippen MR) is 58.6 cm³/mol. The van der Waals surface area contributed by atoms with E-state index < -0.39 is 0 Å². The van der Waals surface area contributed by atoms with Gasteiger partial charge in [0.1, 0.15) is 0 Å². The van der Waals surface area contributed by atoms with Crippen LogP contribution in [0.1, 0.15) is 22.3 Å². The zero-order chi connectivity index (χ0) is 11.1. The zero-order valence-corrected chi connectivity index (χ0v) is 8.29. The Kier molecular flexibility index (Phi) is 4.35. The van der Waals surface area contributed by atoms with Gasteiger partial charge in [-0.2, -0.15) is 0 Å². The molecule has 0 saturated carbocycles. The number of amides is 1. The molecule has 0 spiro atoms. The van der Waals surface area contributed by atoms with Crippen LogP contribution in [0.4, 0.5) is 0 Å². The van der Waals surface area contributed by atoms with Crippen molar-refractivity contribution in [1.29, 1.82) is 0 Å². The maximum atomic E-state index is 11.2. The molecular weight excluding hydrogens is 190 g/mol. The van der Waals surface area contributed by atoms with Crippen LogP contribution in [0, 0.1) is 11.8 Å². The molecule has 0 aliphatic heterocycles. The molecule has 0 heterocycles. The van der Waals surface area contributed by atoms with Crippen LogP contribution < -0.4 is 17.0 Å². The lowest BCUT2D eigenvalue weighted by Gasteiger charge is -1.99. The van der Waals surface area contributed by atoms with E-state index in [0.717, 1.165) is 5.56 Å². The van der Waals surface area contributed by atoms with Crippen molar-refractivity contribution in [2.24, 2.45) is 11.6 Å². The molecule has 78 valence electrons. The number of nitrogens with one attached hydrogen (secondary N) is 1. The quantitative estimate of drug-likeness (QED) is 0.274. The number of rotatable bonds is 2. The van der Waals surface area contributed by atoms with E-state index in [1.807, 2.05) is 6.07 Å². The molecule has 1 aromatic rings. The van der Waals surface area contributed by atoms with Crippen molar-refractivity contribution in [3.05, 3.63) is 35.4 Å². The van der Waals surface area contributed by atoms with Gasteiger partial charge >= 0.3 is 0 Å². The summed E-state index contributed by atoms with van der Waals surface area (Å²) in [4.78, 5) is 11.2. The lowest BCUT2D eigenvalue weighted by atomic mass is 10.1. The SMILES string of the molecule is NCCC#Cc1cccc(C(=O)NN)c1. The Morgan fingerprint density at radius 2 is 2.27 bits per heavy atom. The maximum absolute atomic E-state index is 11.2. The fourth-order valence-electron chi connectivity index (χ4n) is 1.06. The first-order chi connectivity index (χ1) is 7.27. The predicted octanol–water partition coefficient (Wildman–Crippen LogP) is -0.00960. The molecule has 0 atom stereocenters. The van der Waals surface area contributed by atoms with Gasteiger partial charge in [0.15, 0.2) is 0 Å². The van der Waals surface area contributed by atoms with Crippen LogP contribution in [0.2, 0.25) is 0 Å². The van der Waals surface area contributed by atoms with Gasteiger partial charge < -0.3 is 5.73 Å². The van der Waals surface area contributed by atoms with E-state index in [0.29, 0.717) is 18.5 Å². The molecule has 0 saturated heterocycles. The Hall–Kier alpha value is -1.83. The smallest absolute Gasteiger partial charge is 0.265 e. The highest BCUT2D eigenvalue weighted by molar-refractivity contribution is 5.94. The van der Waals surface area contributed by atoms with E-state index in [-0.39, 0.29) is 5.91 Å². The number of benzene rings is 1. The highest BCUT2D eigenvalue weighted by Crippen LogP contribution is 2.03. The van der Waals surface area contributed by atoms with Crippen molar-refractivity contribution in [1.82, 2.24) is 5.43 Å². The van der Waals surface area contributed by atoms with Crippen molar-refractivity contribution < 1.29 is 4.79 Å². The van der Waals surface area contributed by atoms with Gasteiger partial charge in [-0.3, -0.25) is 10.2 Å². The van der Waals surface area contributed by atoms with E-state index in [1.165, 1.54) is 0 Å². The summed E-state index contributed by atoms with van der Waals surface area (Å²) >= 11 is 0.